The lowest BCUT2D eigenvalue weighted by molar-refractivity contribution is -0.138. The average Bonchev–Trinajstić information content (AvgIpc) is 3.03. The van der Waals surface area contributed by atoms with Crippen molar-refractivity contribution in [3.05, 3.63) is 71.8 Å². The van der Waals surface area contributed by atoms with Crippen LogP contribution >= 0.6 is 7.66 Å². The third-order valence-corrected chi connectivity index (χ3v) is 12.0. The summed E-state index contributed by atoms with van der Waals surface area (Å²) in [4.78, 5) is 0. The van der Waals surface area contributed by atoms with Crippen molar-refractivity contribution in [2.75, 3.05) is 0 Å². The lowest BCUT2D eigenvalue weighted by Gasteiger charge is -2.26. The van der Waals surface area contributed by atoms with E-state index >= 15 is 0 Å². The van der Waals surface area contributed by atoms with Gasteiger partial charge in [0.25, 0.3) is 0 Å². The van der Waals surface area contributed by atoms with Crippen molar-refractivity contribution in [2.24, 2.45) is 4.15 Å². The standard InChI is InChI=1S/C24H11F12N2O6PS2/c25-21(26,27)15-9-11-5-1-3-7-13(11)17-18-14-8-4-2-6-12(14)10-16(22(28,29)30)20(18)44-45(43-19(15)17,37-46(39,40)23(31,32)33)38-47(41,42)24(34,35)36/h1-10,37H. The number of hydrogen-bond donors (Lipinski definition) is 1. The van der Waals surface area contributed by atoms with Gasteiger partial charge in [0, 0.05) is 11.1 Å². The number of sulfonamides is 2. The van der Waals surface area contributed by atoms with Crippen LogP contribution in [0.5, 0.6) is 11.5 Å². The van der Waals surface area contributed by atoms with Crippen molar-refractivity contribution in [3.63, 3.8) is 0 Å². The smallest absolute Gasteiger partial charge is 0.416 e. The molecule has 0 saturated carbocycles. The van der Waals surface area contributed by atoms with Gasteiger partial charge in [0.05, 0.1) is 11.1 Å². The summed E-state index contributed by atoms with van der Waals surface area (Å²) in [6, 6.07) is 9.12. The Morgan fingerprint density at radius 2 is 0.979 bits per heavy atom. The van der Waals surface area contributed by atoms with Gasteiger partial charge in [-0.05, 0) is 33.7 Å². The second kappa shape index (κ2) is 10.6. The molecule has 1 N–H and O–H groups in total. The first-order valence-corrected chi connectivity index (χ1v) is 16.5. The molecule has 0 bridgehead atoms. The molecule has 254 valence electrons. The number of alkyl halides is 12. The number of nitrogens with zero attached hydrogens (tertiary/aromatic N) is 1. The maximum absolute atomic E-state index is 14.6. The first kappa shape index (κ1) is 34.6. The van der Waals surface area contributed by atoms with Gasteiger partial charge in [-0.3, -0.25) is 0 Å². The highest BCUT2D eigenvalue weighted by atomic mass is 32.2. The van der Waals surface area contributed by atoms with Crippen LogP contribution in [-0.2, 0) is 32.4 Å². The van der Waals surface area contributed by atoms with Gasteiger partial charge < -0.3 is 9.05 Å². The highest BCUT2D eigenvalue weighted by Crippen LogP contribution is 2.64. The van der Waals surface area contributed by atoms with Gasteiger partial charge in [-0.2, -0.15) is 61.1 Å². The predicted molar refractivity (Wildman–Crippen MR) is 141 cm³/mol. The largest absolute Gasteiger partial charge is 0.518 e. The van der Waals surface area contributed by atoms with E-state index in [0.717, 1.165) is 36.4 Å². The first-order valence-electron chi connectivity index (χ1n) is 12.0. The van der Waals surface area contributed by atoms with Crippen LogP contribution in [0.2, 0.25) is 0 Å². The highest BCUT2D eigenvalue weighted by Gasteiger charge is 2.56. The lowest BCUT2D eigenvalue weighted by atomic mass is 9.88. The molecule has 0 amide bonds. The monoisotopic (exact) mass is 746 g/mol. The molecule has 0 unspecified atom stereocenters. The normalized spacial score (nSPS) is 15.7. The van der Waals surface area contributed by atoms with Crippen molar-refractivity contribution in [2.45, 2.75) is 23.4 Å². The minimum Gasteiger partial charge on any atom is -0.416 e. The van der Waals surface area contributed by atoms with Crippen molar-refractivity contribution in [3.8, 4) is 22.6 Å². The van der Waals surface area contributed by atoms with Gasteiger partial charge >= 0.3 is 51.1 Å². The maximum Gasteiger partial charge on any atom is 0.518 e. The van der Waals surface area contributed by atoms with E-state index in [2.05, 4.69) is 0 Å². The van der Waals surface area contributed by atoms with E-state index in [1.807, 2.05) is 4.15 Å². The second-order valence-corrected chi connectivity index (χ2v) is 15.1. The van der Waals surface area contributed by atoms with Crippen LogP contribution in [0.4, 0.5) is 52.7 Å². The van der Waals surface area contributed by atoms with Crippen LogP contribution < -0.4 is 13.5 Å². The summed E-state index contributed by atoms with van der Waals surface area (Å²) in [7, 11) is -21.4. The molecular weight excluding hydrogens is 735 g/mol. The Morgan fingerprint density at radius 1 is 0.596 bits per heavy atom. The SMILES string of the molecule is O=S(=O)(N=P1(NS(=O)(=O)C(F)(F)F)Oc2c(C(F)(F)F)cc3ccccc3c2-c2c(c(C(F)(F)F)cc3ccccc23)O1)C(F)(F)F. The zero-order valence-electron chi connectivity index (χ0n) is 22.0. The molecule has 23 heteroatoms. The molecule has 4 aromatic rings. The van der Waals surface area contributed by atoms with E-state index in [0.29, 0.717) is 0 Å². The van der Waals surface area contributed by atoms with Gasteiger partial charge in [0.2, 0.25) is 0 Å². The van der Waals surface area contributed by atoms with Crippen LogP contribution in [0.15, 0.2) is 64.8 Å². The molecular formula is C24H11F12N2O6PS2. The van der Waals surface area contributed by atoms with Crippen molar-refractivity contribution >= 4 is 49.3 Å². The summed E-state index contributed by atoms with van der Waals surface area (Å²) < 4.78 is 230. The van der Waals surface area contributed by atoms with Crippen molar-refractivity contribution in [1.82, 2.24) is 4.49 Å². The van der Waals surface area contributed by atoms with E-state index < -0.39 is 106 Å². The Balaban J connectivity index is 2.15. The quantitative estimate of drug-likeness (QED) is 0.166. The van der Waals surface area contributed by atoms with E-state index in [1.165, 1.54) is 12.1 Å². The second-order valence-electron chi connectivity index (χ2n) is 9.44. The van der Waals surface area contributed by atoms with Gasteiger partial charge in [0.15, 0.2) is 11.5 Å². The summed E-state index contributed by atoms with van der Waals surface area (Å²) in [5.74, 6) is -3.78. The van der Waals surface area contributed by atoms with Crippen LogP contribution in [0.3, 0.4) is 0 Å². The summed E-state index contributed by atoms with van der Waals surface area (Å²) in [5, 5.41) is -1.73. The molecule has 47 heavy (non-hydrogen) atoms. The van der Waals surface area contributed by atoms with Gasteiger partial charge in [-0.25, -0.2) is 8.42 Å². The molecule has 0 spiro atoms. The van der Waals surface area contributed by atoms with E-state index in [4.69, 9.17) is 9.05 Å². The molecule has 0 radical (unpaired) electrons. The molecule has 1 aliphatic rings. The number of hydrogen-bond acceptors (Lipinski definition) is 6. The average molecular weight is 746 g/mol. The zero-order valence-corrected chi connectivity index (χ0v) is 24.5. The summed E-state index contributed by atoms with van der Waals surface area (Å²) in [6.07, 6.45) is -11.4. The third-order valence-electron chi connectivity index (χ3n) is 6.34. The van der Waals surface area contributed by atoms with E-state index in [9.17, 15) is 69.5 Å². The Hall–Kier alpha value is -3.75. The molecule has 0 aromatic heterocycles. The topological polar surface area (TPSA) is 111 Å². The van der Waals surface area contributed by atoms with Crippen LogP contribution in [0.1, 0.15) is 11.1 Å². The fourth-order valence-corrected chi connectivity index (χ4v) is 9.55. The third kappa shape index (κ3) is 6.06. The van der Waals surface area contributed by atoms with Crippen molar-refractivity contribution in [1.29, 1.82) is 0 Å². The number of benzene rings is 4. The molecule has 0 atom stereocenters. The number of fused-ring (bicyclic) bond motifs is 7. The minimum absolute atomic E-state index is 0.236. The highest BCUT2D eigenvalue weighted by molar-refractivity contribution is 7.99. The summed E-state index contributed by atoms with van der Waals surface area (Å²) in [5.41, 5.74) is -19.5. The fourth-order valence-electron chi connectivity index (χ4n) is 4.51. The molecule has 8 nitrogen and oxygen atoms in total. The van der Waals surface area contributed by atoms with Crippen molar-refractivity contribution < 1.29 is 78.6 Å². The van der Waals surface area contributed by atoms with E-state index in [-0.39, 0.29) is 16.6 Å². The maximum atomic E-state index is 14.6. The molecule has 0 saturated heterocycles. The molecule has 4 aromatic carbocycles. The molecule has 0 aliphatic carbocycles. The van der Waals surface area contributed by atoms with Crippen LogP contribution in [0.25, 0.3) is 32.7 Å². The Kier molecular flexibility index (Phi) is 7.82. The van der Waals surface area contributed by atoms with Gasteiger partial charge in [0.1, 0.15) is 0 Å². The number of halogens is 12. The molecule has 1 aliphatic heterocycles. The van der Waals surface area contributed by atoms with Gasteiger partial charge in [-0.1, -0.05) is 52.7 Å². The Morgan fingerprint density at radius 3 is 1.32 bits per heavy atom. The first-order chi connectivity index (χ1) is 21.3. The fraction of sp³-hybridized carbons (Fsp3) is 0.167. The van der Waals surface area contributed by atoms with E-state index in [1.54, 1.807) is 0 Å². The lowest BCUT2D eigenvalue weighted by Crippen LogP contribution is -2.37. The molecule has 0 fully saturated rings. The van der Waals surface area contributed by atoms with Gasteiger partial charge in [-0.15, -0.1) is 4.49 Å². The Labute approximate surface area is 254 Å². The zero-order chi connectivity index (χ0) is 35.2. The summed E-state index contributed by atoms with van der Waals surface area (Å²) in [6.45, 7) is 0. The van der Waals surface area contributed by atoms with Crippen LogP contribution in [0, 0.1) is 0 Å². The minimum atomic E-state index is -7.31. The van der Waals surface area contributed by atoms with Crippen LogP contribution in [-0.4, -0.2) is 27.9 Å². The molecule has 5 rings (SSSR count). The number of nitrogens with one attached hydrogen (secondary N) is 1. The summed E-state index contributed by atoms with van der Waals surface area (Å²) >= 11 is 0. The predicted octanol–water partition coefficient (Wildman–Crippen LogP) is 8.70. The number of rotatable bonds is 3. The Bertz CT molecular complexity index is 2120. The molecule has 1 heterocycles.